The van der Waals surface area contributed by atoms with E-state index in [1.807, 2.05) is 12.1 Å². The Bertz CT molecular complexity index is 924. The summed E-state index contributed by atoms with van der Waals surface area (Å²) in [4.78, 5) is 24.8. The zero-order valence-corrected chi connectivity index (χ0v) is 16.1. The van der Waals surface area contributed by atoms with Gasteiger partial charge in [0.1, 0.15) is 11.5 Å². The molecule has 0 spiro atoms. The number of nitro groups is 1. The molecule has 2 aromatic rings. The van der Waals surface area contributed by atoms with Gasteiger partial charge in [-0.15, -0.1) is 0 Å². The number of nitrogens with zero attached hydrogens (tertiary/aromatic N) is 2. The molecule has 0 fully saturated rings. The Kier molecular flexibility index (Phi) is 6.46. The first-order valence-electron chi connectivity index (χ1n) is 9.29. The predicted octanol–water partition coefficient (Wildman–Crippen LogP) is 3.43. The summed E-state index contributed by atoms with van der Waals surface area (Å²) in [7, 11) is 1.40. The zero-order valence-electron chi connectivity index (χ0n) is 16.1. The molecule has 1 aliphatic heterocycles. The lowest BCUT2D eigenvalue weighted by Gasteiger charge is -2.26. The van der Waals surface area contributed by atoms with E-state index in [2.05, 4.69) is 16.3 Å². The summed E-state index contributed by atoms with van der Waals surface area (Å²) in [6.45, 7) is 2.21. The van der Waals surface area contributed by atoms with Gasteiger partial charge in [-0.1, -0.05) is 18.2 Å². The lowest BCUT2D eigenvalue weighted by atomic mass is 9.99. The lowest BCUT2D eigenvalue weighted by Crippen LogP contribution is -2.31. The maximum absolute atomic E-state index is 12.3. The van der Waals surface area contributed by atoms with E-state index in [0.29, 0.717) is 18.7 Å². The smallest absolute Gasteiger partial charge is 0.273 e. The van der Waals surface area contributed by atoms with Crippen LogP contribution in [0.25, 0.3) is 5.57 Å². The Balaban J connectivity index is 1.51. The number of ether oxygens (including phenoxy) is 1. The van der Waals surface area contributed by atoms with Crippen LogP contribution in [0.5, 0.6) is 11.5 Å². The number of carbonyl (C=O) groups excluding carboxylic acids is 1. The van der Waals surface area contributed by atoms with Gasteiger partial charge < -0.3 is 15.2 Å². The number of anilines is 1. The van der Waals surface area contributed by atoms with E-state index in [1.165, 1.54) is 30.9 Å². The topological polar surface area (TPSA) is 105 Å². The quantitative estimate of drug-likeness (QED) is 0.548. The van der Waals surface area contributed by atoms with Gasteiger partial charge in [-0.25, -0.2) is 0 Å². The average Bonchev–Trinajstić information content (AvgIpc) is 2.73. The highest BCUT2D eigenvalue weighted by Crippen LogP contribution is 2.29. The van der Waals surface area contributed by atoms with Crippen LogP contribution >= 0.6 is 0 Å². The van der Waals surface area contributed by atoms with Crippen LogP contribution in [0.3, 0.4) is 0 Å². The molecular formula is C21H23N3O5. The van der Waals surface area contributed by atoms with E-state index in [0.717, 1.165) is 25.1 Å². The number of hydrogen-bond donors (Lipinski definition) is 2. The van der Waals surface area contributed by atoms with E-state index in [4.69, 9.17) is 4.74 Å². The number of hydrogen-bond acceptors (Lipinski definition) is 6. The molecule has 2 N–H and O–H groups in total. The second-order valence-electron chi connectivity index (χ2n) is 6.77. The van der Waals surface area contributed by atoms with Crippen molar-refractivity contribution in [2.45, 2.75) is 12.8 Å². The fourth-order valence-corrected chi connectivity index (χ4v) is 3.22. The molecule has 0 aliphatic carbocycles. The van der Waals surface area contributed by atoms with Crippen LogP contribution in [0.1, 0.15) is 18.4 Å². The minimum absolute atomic E-state index is 0.0932. The van der Waals surface area contributed by atoms with Crippen LogP contribution in [0.15, 0.2) is 48.5 Å². The lowest BCUT2D eigenvalue weighted by molar-refractivity contribution is -0.384. The second-order valence-corrected chi connectivity index (χ2v) is 6.77. The fourth-order valence-electron chi connectivity index (χ4n) is 3.22. The van der Waals surface area contributed by atoms with Gasteiger partial charge >= 0.3 is 0 Å². The molecule has 0 saturated carbocycles. The zero-order chi connectivity index (χ0) is 20.8. The third-order valence-electron chi connectivity index (χ3n) is 4.86. The van der Waals surface area contributed by atoms with Crippen molar-refractivity contribution in [1.29, 1.82) is 0 Å². The monoisotopic (exact) mass is 397 g/mol. The molecule has 0 unspecified atom stereocenters. The summed E-state index contributed by atoms with van der Waals surface area (Å²) in [6, 6.07) is 11.3. The number of rotatable bonds is 7. The van der Waals surface area contributed by atoms with Crippen LogP contribution in [0.2, 0.25) is 0 Å². The van der Waals surface area contributed by atoms with Gasteiger partial charge in [0, 0.05) is 32.1 Å². The van der Waals surface area contributed by atoms with Crippen molar-refractivity contribution in [2.24, 2.45) is 0 Å². The number of benzene rings is 2. The minimum Gasteiger partial charge on any atom is -0.508 e. The van der Waals surface area contributed by atoms with Crippen molar-refractivity contribution < 1.29 is 19.6 Å². The van der Waals surface area contributed by atoms with Crippen molar-refractivity contribution in [3.8, 4) is 11.5 Å². The normalized spacial score (nSPS) is 14.2. The number of nitrogens with one attached hydrogen (secondary N) is 1. The van der Waals surface area contributed by atoms with Gasteiger partial charge in [-0.3, -0.25) is 19.8 Å². The molecule has 8 nitrogen and oxygen atoms in total. The Morgan fingerprint density at radius 2 is 2.03 bits per heavy atom. The van der Waals surface area contributed by atoms with Crippen molar-refractivity contribution >= 4 is 22.9 Å². The first kappa shape index (κ1) is 20.3. The SMILES string of the molecule is COc1cc([N+](=O)[O-])ccc1NC(=O)CCN1CC=C(c2ccc(O)cc2)CC1. The Labute approximate surface area is 168 Å². The first-order valence-corrected chi connectivity index (χ1v) is 9.29. The third kappa shape index (κ3) is 5.32. The van der Waals surface area contributed by atoms with E-state index >= 15 is 0 Å². The van der Waals surface area contributed by atoms with E-state index in [1.54, 1.807) is 12.1 Å². The number of nitro benzene ring substituents is 1. The van der Waals surface area contributed by atoms with Crippen LogP contribution in [-0.2, 0) is 4.79 Å². The largest absolute Gasteiger partial charge is 0.508 e. The average molecular weight is 397 g/mol. The number of phenols is 1. The molecule has 8 heteroatoms. The molecule has 0 radical (unpaired) electrons. The highest BCUT2D eigenvalue weighted by Gasteiger charge is 2.16. The first-order chi connectivity index (χ1) is 14.0. The summed E-state index contributed by atoms with van der Waals surface area (Å²) in [5.41, 5.74) is 2.66. The van der Waals surface area contributed by atoms with Gasteiger partial charge in [0.25, 0.3) is 5.69 Å². The van der Waals surface area contributed by atoms with Gasteiger partial charge in [0.05, 0.1) is 23.8 Å². The molecule has 3 rings (SSSR count). The summed E-state index contributed by atoms with van der Waals surface area (Å²) in [6.07, 6.45) is 3.33. The Morgan fingerprint density at radius 3 is 2.66 bits per heavy atom. The standard InChI is InChI=1S/C21H23N3O5/c1-29-20-14-17(24(27)28)4-7-19(20)22-21(26)10-13-23-11-8-16(9-12-23)15-2-5-18(25)6-3-15/h2-8,14,25H,9-13H2,1H3,(H,22,26). The maximum atomic E-state index is 12.3. The number of non-ortho nitro benzene ring substituents is 1. The van der Waals surface area contributed by atoms with Crippen LogP contribution in [0, 0.1) is 10.1 Å². The van der Waals surface area contributed by atoms with Crippen molar-refractivity contribution in [1.82, 2.24) is 4.90 Å². The molecule has 0 atom stereocenters. The van der Waals surface area contributed by atoms with Gasteiger partial charge in [-0.05, 0) is 35.8 Å². The van der Waals surface area contributed by atoms with Crippen molar-refractivity contribution in [2.75, 3.05) is 32.1 Å². The predicted molar refractivity (Wildman–Crippen MR) is 110 cm³/mol. The Morgan fingerprint density at radius 1 is 1.28 bits per heavy atom. The Hall–Kier alpha value is -3.39. The fraction of sp³-hybridized carbons (Fsp3) is 0.286. The highest BCUT2D eigenvalue weighted by molar-refractivity contribution is 5.92. The number of phenolic OH excluding ortho intramolecular Hbond substituents is 1. The van der Waals surface area contributed by atoms with Crippen molar-refractivity contribution in [3.63, 3.8) is 0 Å². The van der Waals surface area contributed by atoms with E-state index in [-0.39, 0.29) is 23.1 Å². The van der Waals surface area contributed by atoms with Gasteiger partial charge in [-0.2, -0.15) is 0 Å². The molecular weight excluding hydrogens is 374 g/mol. The second kappa shape index (κ2) is 9.20. The molecule has 1 aliphatic rings. The maximum Gasteiger partial charge on any atom is 0.273 e. The molecule has 1 heterocycles. The molecule has 0 bridgehead atoms. The van der Waals surface area contributed by atoms with Crippen LogP contribution < -0.4 is 10.1 Å². The molecule has 29 heavy (non-hydrogen) atoms. The van der Waals surface area contributed by atoms with Crippen LogP contribution in [-0.4, -0.2) is 47.6 Å². The van der Waals surface area contributed by atoms with Crippen molar-refractivity contribution in [3.05, 3.63) is 64.2 Å². The van der Waals surface area contributed by atoms with Gasteiger partial charge in [0.15, 0.2) is 0 Å². The van der Waals surface area contributed by atoms with Crippen LogP contribution in [0.4, 0.5) is 11.4 Å². The third-order valence-corrected chi connectivity index (χ3v) is 4.86. The number of amides is 1. The number of aromatic hydroxyl groups is 1. The molecule has 2 aromatic carbocycles. The molecule has 1 amide bonds. The van der Waals surface area contributed by atoms with E-state index < -0.39 is 4.92 Å². The summed E-state index contributed by atoms with van der Waals surface area (Å²) in [5.74, 6) is 0.333. The number of methoxy groups -OCH3 is 1. The highest BCUT2D eigenvalue weighted by atomic mass is 16.6. The minimum atomic E-state index is -0.510. The summed E-state index contributed by atoms with van der Waals surface area (Å²) >= 11 is 0. The molecule has 152 valence electrons. The van der Waals surface area contributed by atoms with Gasteiger partial charge in [0.2, 0.25) is 5.91 Å². The number of carbonyl (C=O) groups is 1. The van der Waals surface area contributed by atoms with E-state index in [9.17, 15) is 20.0 Å². The molecule has 0 saturated heterocycles. The summed E-state index contributed by atoms with van der Waals surface area (Å²) < 4.78 is 5.14. The summed E-state index contributed by atoms with van der Waals surface area (Å²) in [5, 5.41) is 23.0. The molecule has 0 aromatic heterocycles.